The highest BCUT2D eigenvalue weighted by Crippen LogP contribution is 2.35. The van der Waals surface area contributed by atoms with Crippen molar-refractivity contribution in [3.05, 3.63) is 53.1 Å². The average molecular weight is 448 g/mol. The first-order valence-corrected chi connectivity index (χ1v) is 11.1. The van der Waals surface area contributed by atoms with Crippen LogP contribution in [0.1, 0.15) is 25.8 Å². The summed E-state index contributed by atoms with van der Waals surface area (Å²) < 4.78 is 13.1. The van der Waals surface area contributed by atoms with Gasteiger partial charge < -0.3 is 14.8 Å². The first-order chi connectivity index (χ1) is 14.6. The van der Waals surface area contributed by atoms with E-state index in [4.69, 9.17) is 21.1 Å². The summed E-state index contributed by atoms with van der Waals surface area (Å²) >= 11 is 7.87. The van der Waals surface area contributed by atoms with Crippen molar-refractivity contribution in [2.45, 2.75) is 38.1 Å². The summed E-state index contributed by atoms with van der Waals surface area (Å²) in [5.74, 6) is 2.28. The maximum atomic E-state index is 6.23. The van der Waals surface area contributed by atoms with Crippen LogP contribution in [0.5, 0.6) is 11.5 Å². The number of rotatable bonds is 11. The molecule has 30 heavy (non-hydrogen) atoms. The van der Waals surface area contributed by atoms with E-state index < -0.39 is 0 Å². The van der Waals surface area contributed by atoms with Crippen molar-refractivity contribution in [1.29, 1.82) is 0 Å². The van der Waals surface area contributed by atoms with E-state index in [2.05, 4.69) is 20.8 Å². The molecule has 1 heterocycles. The number of thioether (sulfide) groups is 1. The molecule has 1 aromatic heterocycles. The molecule has 0 fully saturated rings. The van der Waals surface area contributed by atoms with Crippen LogP contribution in [0.25, 0.3) is 5.69 Å². The van der Waals surface area contributed by atoms with E-state index in [0.29, 0.717) is 17.3 Å². The summed E-state index contributed by atoms with van der Waals surface area (Å²) in [6.45, 7) is 5.47. The SMILES string of the molecule is COc1cc(Cl)cc(CNCCCSc2nnnn2-c2ccccc2)c1OC(C)C. The Morgan fingerprint density at radius 2 is 2.00 bits per heavy atom. The standard InChI is InChI=1S/C21H26ClN5O2S/c1-15(2)29-20-16(12-17(22)13-19(20)28-3)14-23-10-7-11-30-21-24-25-26-27(21)18-8-5-4-6-9-18/h4-6,8-9,12-13,15,23H,7,10-11,14H2,1-3H3. The number of benzene rings is 2. The van der Waals surface area contributed by atoms with Crippen LogP contribution in [0.2, 0.25) is 5.02 Å². The summed E-state index contributed by atoms with van der Waals surface area (Å²) in [4.78, 5) is 0. The summed E-state index contributed by atoms with van der Waals surface area (Å²) in [7, 11) is 1.62. The molecular weight excluding hydrogens is 422 g/mol. The topological polar surface area (TPSA) is 74.1 Å². The third-order valence-corrected chi connectivity index (χ3v) is 5.38. The van der Waals surface area contributed by atoms with Crippen LogP contribution < -0.4 is 14.8 Å². The molecule has 0 saturated carbocycles. The molecule has 0 aliphatic heterocycles. The molecule has 0 unspecified atom stereocenters. The molecule has 0 saturated heterocycles. The molecule has 2 aromatic carbocycles. The minimum Gasteiger partial charge on any atom is -0.493 e. The number of nitrogens with zero attached hydrogens (tertiary/aromatic N) is 4. The quantitative estimate of drug-likeness (QED) is 0.345. The number of para-hydroxylation sites is 1. The van der Waals surface area contributed by atoms with E-state index >= 15 is 0 Å². The Labute approximate surface area is 186 Å². The Morgan fingerprint density at radius 1 is 1.20 bits per heavy atom. The number of ether oxygens (including phenoxy) is 2. The largest absolute Gasteiger partial charge is 0.493 e. The zero-order valence-corrected chi connectivity index (χ0v) is 18.9. The summed E-state index contributed by atoms with van der Waals surface area (Å²) in [6, 6.07) is 13.6. The van der Waals surface area contributed by atoms with Gasteiger partial charge in [-0.15, -0.1) is 5.10 Å². The predicted molar refractivity (Wildman–Crippen MR) is 120 cm³/mol. The van der Waals surface area contributed by atoms with Crippen molar-refractivity contribution < 1.29 is 9.47 Å². The molecule has 3 aromatic rings. The van der Waals surface area contributed by atoms with Crippen molar-refractivity contribution in [3.8, 4) is 17.2 Å². The predicted octanol–water partition coefficient (Wildman–Crippen LogP) is 4.38. The lowest BCUT2D eigenvalue weighted by Crippen LogP contribution is -2.17. The molecule has 3 rings (SSSR count). The third kappa shape index (κ3) is 6.10. The molecule has 7 nitrogen and oxygen atoms in total. The van der Waals surface area contributed by atoms with Gasteiger partial charge in [-0.3, -0.25) is 0 Å². The number of hydrogen-bond donors (Lipinski definition) is 1. The first kappa shape index (κ1) is 22.4. The van der Waals surface area contributed by atoms with E-state index in [9.17, 15) is 0 Å². The van der Waals surface area contributed by atoms with E-state index in [0.717, 1.165) is 40.9 Å². The zero-order valence-electron chi connectivity index (χ0n) is 17.3. The number of nitrogens with one attached hydrogen (secondary N) is 1. The molecule has 0 spiro atoms. The lowest BCUT2D eigenvalue weighted by atomic mass is 10.1. The number of methoxy groups -OCH3 is 1. The molecule has 0 atom stereocenters. The van der Waals surface area contributed by atoms with Gasteiger partial charge in [0.25, 0.3) is 0 Å². The van der Waals surface area contributed by atoms with Crippen molar-refractivity contribution in [3.63, 3.8) is 0 Å². The lowest BCUT2D eigenvalue weighted by molar-refractivity contribution is 0.227. The van der Waals surface area contributed by atoms with E-state index in [-0.39, 0.29) is 6.10 Å². The van der Waals surface area contributed by atoms with Crippen LogP contribution in [0.3, 0.4) is 0 Å². The maximum absolute atomic E-state index is 6.23. The molecule has 0 amide bonds. The summed E-state index contributed by atoms with van der Waals surface area (Å²) in [5, 5.41) is 16.9. The van der Waals surface area contributed by atoms with Gasteiger partial charge in [-0.05, 0) is 55.4 Å². The Hall–Kier alpha value is -2.29. The van der Waals surface area contributed by atoms with Gasteiger partial charge in [-0.25, -0.2) is 0 Å². The minimum absolute atomic E-state index is 0.0470. The molecule has 9 heteroatoms. The fourth-order valence-electron chi connectivity index (χ4n) is 2.86. The molecule has 1 N–H and O–H groups in total. The van der Waals surface area contributed by atoms with E-state index in [1.165, 1.54) is 0 Å². The maximum Gasteiger partial charge on any atom is 0.214 e. The van der Waals surface area contributed by atoms with Crippen LogP contribution in [0.4, 0.5) is 0 Å². The normalized spacial score (nSPS) is 11.1. The third-order valence-electron chi connectivity index (χ3n) is 4.16. The molecule has 0 radical (unpaired) electrons. The second-order valence-electron chi connectivity index (χ2n) is 6.85. The van der Waals surface area contributed by atoms with E-state index in [1.54, 1.807) is 29.6 Å². The summed E-state index contributed by atoms with van der Waals surface area (Å²) in [6.07, 6.45) is 1.01. The van der Waals surface area contributed by atoms with Crippen molar-refractivity contribution in [1.82, 2.24) is 25.5 Å². The van der Waals surface area contributed by atoms with Crippen LogP contribution in [0, 0.1) is 0 Å². The van der Waals surface area contributed by atoms with Crippen molar-refractivity contribution in [2.75, 3.05) is 19.4 Å². The van der Waals surface area contributed by atoms with Gasteiger partial charge >= 0.3 is 0 Å². The Morgan fingerprint density at radius 3 is 2.73 bits per heavy atom. The number of tetrazole rings is 1. The Balaban J connectivity index is 1.50. The zero-order chi connectivity index (χ0) is 21.3. The number of halogens is 1. The minimum atomic E-state index is 0.0470. The van der Waals surface area contributed by atoms with E-state index in [1.807, 2.05) is 50.2 Å². The van der Waals surface area contributed by atoms with Gasteiger partial charge in [0.15, 0.2) is 11.5 Å². The smallest absolute Gasteiger partial charge is 0.214 e. The van der Waals surface area contributed by atoms with Gasteiger partial charge in [0.05, 0.1) is 18.9 Å². The highest BCUT2D eigenvalue weighted by atomic mass is 35.5. The average Bonchev–Trinajstić information content (AvgIpc) is 3.21. The van der Waals surface area contributed by atoms with Crippen molar-refractivity contribution >= 4 is 23.4 Å². The van der Waals surface area contributed by atoms with Gasteiger partial charge in [-0.1, -0.05) is 41.6 Å². The molecule has 160 valence electrons. The van der Waals surface area contributed by atoms with Gasteiger partial charge in [-0.2, -0.15) is 4.68 Å². The second kappa shape index (κ2) is 11.2. The van der Waals surface area contributed by atoms with Gasteiger partial charge in [0, 0.05) is 29.0 Å². The monoisotopic (exact) mass is 447 g/mol. The van der Waals surface area contributed by atoms with Crippen LogP contribution in [0.15, 0.2) is 47.6 Å². The fourth-order valence-corrected chi connectivity index (χ4v) is 3.92. The van der Waals surface area contributed by atoms with Crippen LogP contribution >= 0.6 is 23.4 Å². The number of aromatic nitrogens is 4. The Kier molecular flexibility index (Phi) is 8.36. The molecule has 0 bridgehead atoms. The first-order valence-electron chi connectivity index (χ1n) is 9.79. The van der Waals surface area contributed by atoms with Crippen LogP contribution in [-0.2, 0) is 6.54 Å². The van der Waals surface area contributed by atoms with Gasteiger partial charge in [0.1, 0.15) is 0 Å². The lowest BCUT2D eigenvalue weighted by Gasteiger charge is -2.18. The van der Waals surface area contributed by atoms with Crippen molar-refractivity contribution in [2.24, 2.45) is 0 Å². The summed E-state index contributed by atoms with van der Waals surface area (Å²) in [5.41, 5.74) is 1.93. The molecular formula is C21H26ClN5O2S. The highest BCUT2D eigenvalue weighted by molar-refractivity contribution is 7.99. The second-order valence-corrected chi connectivity index (χ2v) is 8.35. The fraction of sp³-hybridized carbons (Fsp3) is 0.381. The molecule has 0 aliphatic rings. The molecule has 0 aliphatic carbocycles. The number of hydrogen-bond acceptors (Lipinski definition) is 7. The van der Waals surface area contributed by atoms with Gasteiger partial charge in [0.2, 0.25) is 5.16 Å². The highest BCUT2D eigenvalue weighted by Gasteiger charge is 2.14. The Bertz CT molecular complexity index is 936. The van der Waals surface area contributed by atoms with Crippen LogP contribution in [-0.4, -0.2) is 45.7 Å².